The summed E-state index contributed by atoms with van der Waals surface area (Å²) >= 11 is 3.47. The van der Waals surface area contributed by atoms with Crippen molar-refractivity contribution in [1.82, 2.24) is 4.90 Å². The second kappa shape index (κ2) is 7.67. The van der Waals surface area contributed by atoms with E-state index in [2.05, 4.69) is 34.1 Å². The number of nitrogens with zero attached hydrogens (tertiary/aromatic N) is 1. The maximum atomic E-state index is 12.3. The lowest BCUT2D eigenvalue weighted by atomic mass is 10.00. The van der Waals surface area contributed by atoms with Gasteiger partial charge in [-0.2, -0.15) is 0 Å². The molecule has 2 aromatic carbocycles. The smallest absolute Gasteiger partial charge is 0.260 e. The molecule has 3 nitrogen and oxygen atoms in total. The van der Waals surface area contributed by atoms with Crippen LogP contribution in [0.1, 0.15) is 17.5 Å². The Morgan fingerprint density at radius 2 is 2.00 bits per heavy atom. The molecule has 1 heterocycles. The molecule has 0 spiro atoms. The number of aryl methyl sites for hydroxylation is 1. The van der Waals surface area contributed by atoms with Crippen molar-refractivity contribution in [2.75, 3.05) is 19.7 Å². The van der Waals surface area contributed by atoms with Gasteiger partial charge in [0.1, 0.15) is 5.75 Å². The summed E-state index contributed by atoms with van der Waals surface area (Å²) in [7, 11) is 0. The first-order valence-electron chi connectivity index (χ1n) is 8.04. The molecule has 1 aliphatic heterocycles. The van der Waals surface area contributed by atoms with Crippen molar-refractivity contribution in [1.29, 1.82) is 0 Å². The highest BCUT2D eigenvalue weighted by atomic mass is 79.9. The van der Waals surface area contributed by atoms with E-state index in [1.807, 2.05) is 48.2 Å². The van der Waals surface area contributed by atoms with Gasteiger partial charge in [-0.25, -0.2) is 0 Å². The third-order valence-electron chi connectivity index (χ3n) is 4.14. The second-order valence-electron chi connectivity index (χ2n) is 5.91. The number of rotatable bonds is 4. The van der Waals surface area contributed by atoms with Gasteiger partial charge < -0.3 is 9.64 Å². The highest BCUT2D eigenvalue weighted by Gasteiger charge is 2.18. The van der Waals surface area contributed by atoms with Crippen LogP contribution in [0.2, 0.25) is 0 Å². The molecule has 0 aliphatic carbocycles. The first-order chi connectivity index (χ1) is 11.6. The van der Waals surface area contributed by atoms with E-state index < -0.39 is 0 Å². The van der Waals surface area contributed by atoms with Crippen LogP contribution in [-0.2, 0) is 4.79 Å². The standard InChI is InChI=1S/C20H20BrNO2/c1-15-7-8-19(18(21)13-15)24-14-20(23)22-11-9-17(10-12-22)16-5-3-2-4-6-16/h2-9,13H,10-12,14H2,1H3. The summed E-state index contributed by atoms with van der Waals surface area (Å²) in [6, 6.07) is 16.2. The summed E-state index contributed by atoms with van der Waals surface area (Å²) in [6.07, 6.45) is 3.02. The minimum absolute atomic E-state index is 0.0193. The van der Waals surface area contributed by atoms with Crippen LogP contribution in [0, 0.1) is 6.92 Å². The molecule has 0 atom stereocenters. The van der Waals surface area contributed by atoms with Gasteiger partial charge in [0.05, 0.1) is 4.47 Å². The molecule has 0 unspecified atom stereocenters. The van der Waals surface area contributed by atoms with Crippen LogP contribution in [0.4, 0.5) is 0 Å². The van der Waals surface area contributed by atoms with E-state index >= 15 is 0 Å². The summed E-state index contributed by atoms with van der Waals surface area (Å²) < 4.78 is 6.53. The van der Waals surface area contributed by atoms with Gasteiger partial charge in [-0.15, -0.1) is 0 Å². The van der Waals surface area contributed by atoms with Crippen molar-refractivity contribution in [2.24, 2.45) is 0 Å². The lowest BCUT2D eigenvalue weighted by molar-refractivity contribution is -0.132. The fourth-order valence-electron chi connectivity index (χ4n) is 2.76. The average Bonchev–Trinajstić information content (AvgIpc) is 2.62. The third kappa shape index (κ3) is 4.06. The van der Waals surface area contributed by atoms with Crippen LogP contribution < -0.4 is 4.74 Å². The molecule has 1 amide bonds. The Morgan fingerprint density at radius 3 is 2.67 bits per heavy atom. The molecule has 0 N–H and O–H groups in total. The van der Waals surface area contributed by atoms with Gasteiger partial charge in [0, 0.05) is 13.1 Å². The number of carbonyl (C=O) groups excluding carboxylic acids is 1. The predicted molar refractivity (Wildman–Crippen MR) is 100.0 cm³/mol. The number of halogens is 1. The van der Waals surface area contributed by atoms with Crippen LogP contribution in [0.5, 0.6) is 5.75 Å². The second-order valence-corrected chi connectivity index (χ2v) is 6.76. The molecule has 0 fully saturated rings. The molecule has 0 bridgehead atoms. The Balaban J connectivity index is 1.56. The van der Waals surface area contributed by atoms with E-state index in [0.717, 1.165) is 23.0 Å². The number of amides is 1. The summed E-state index contributed by atoms with van der Waals surface area (Å²) in [4.78, 5) is 14.2. The van der Waals surface area contributed by atoms with Gasteiger partial charge in [0.2, 0.25) is 0 Å². The fraction of sp³-hybridized carbons (Fsp3) is 0.250. The minimum atomic E-state index is 0.0193. The zero-order chi connectivity index (χ0) is 16.9. The molecule has 2 aromatic rings. The van der Waals surface area contributed by atoms with Crippen molar-refractivity contribution < 1.29 is 9.53 Å². The van der Waals surface area contributed by atoms with Crippen molar-refractivity contribution >= 4 is 27.4 Å². The highest BCUT2D eigenvalue weighted by Crippen LogP contribution is 2.26. The molecule has 0 aromatic heterocycles. The maximum absolute atomic E-state index is 12.3. The number of carbonyl (C=O) groups is 1. The van der Waals surface area contributed by atoms with Crippen molar-refractivity contribution in [3.8, 4) is 5.75 Å². The lowest BCUT2D eigenvalue weighted by Gasteiger charge is -2.26. The Morgan fingerprint density at radius 1 is 1.21 bits per heavy atom. The van der Waals surface area contributed by atoms with Gasteiger partial charge in [-0.3, -0.25) is 4.79 Å². The quantitative estimate of drug-likeness (QED) is 0.777. The van der Waals surface area contributed by atoms with Crippen LogP contribution >= 0.6 is 15.9 Å². The molecule has 3 rings (SSSR count). The molecule has 0 radical (unpaired) electrons. The van der Waals surface area contributed by atoms with Crippen LogP contribution in [-0.4, -0.2) is 30.5 Å². The zero-order valence-electron chi connectivity index (χ0n) is 13.7. The van der Waals surface area contributed by atoms with Crippen molar-refractivity contribution in [3.63, 3.8) is 0 Å². The highest BCUT2D eigenvalue weighted by molar-refractivity contribution is 9.10. The number of benzene rings is 2. The molecular formula is C20H20BrNO2. The summed E-state index contributed by atoms with van der Waals surface area (Å²) in [5.74, 6) is 0.720. The van der Waals surface area contributed by atoms with E-state index in [0.29, 0.717) is 12.3 Å². The van der Waals surface area contributed by atoms with Crippen LogP contribution in [0.25, 0.3) is 5.57 Å². The van der Waals surface area contributed by atoms with E-state index in [1.54, 1.807) is 0 Å². The predicted octanol–water partition coefficient (Wildman–Crippen LogP) is 4.45. The van der Waals surface area contributed by atoms with Gasteiger partial charge in [0.15, 0.2) is 6.61 Å². The third-order valence-corrected chi connectivity index (χ3v) is 4.76. The maximum Gasteiger partial charge on any atom is 0.260 e. The zero-order valence-corrected chi connectivity index (χ0v) is 15.3. The lowest BCUT2D eigenvalue weighted by Crippen LogP contribution is -2.37. The van der Waals surface area contributed by atoms with Crippen molar-refractivity contribution in [2.45, 2.75) is 13.3 Å². The Kier molecular flexibility index (Phi) is 5.36. The topological polar surface area (TPSA) is 29.5 Å². The monoisotopic (exact) mass is 385 g/mol. The SMILES string of the molecule is Cc1ccc(OCC(=O)N2CC=C(c3ccccc3)CC2)c(Br)c1. The molecule has 1 aliphatic rings. The minimum Gasteiger partial charge on any atom is -0.483 e. The Labute approximate surface area is 151 Å². The van der Waals surface area contributed by atoms with E-state index in [9.17, 15) is 4.79 Å². The van der Waals surface area contributed by atoms with Crippen LogP contribution in [0.15, 0.2) is 59.1 Å². The van der Waals surface area contributed by atoms with Gasteiger partial charge >= 0.3 is 0 Å². The first kappa shape index (κ1) is 16.8. The van der Waals surface area contributed by atoms with Gasteiger partial charge in [-0.1, -0.05) is 42.5 Å². The summed E-state index contributed by atoms with van der Waals surface area (Å²) in [6.45, 7) is 3.46. The van der Waals surface area contributed by atoms with Crippen LogP contribution in [0.3, 0.4) is 0 Å². The van der Waals surface area contributed by atoms with E-state index in [1.165, 1.54) is 11.1 Å². The van der Waals surface area contributed by atoms with Gasteiger partial charge in [0.25, 0.3) is 5.91 Å². The van der Waals surface area contributed by atoms with E-state index in [-0.39, 0.29) is 12.5 Å². The number of hydrogen-bond acceptors (Lipinski definition) is 2. The Bertz CT molecular complexity index is 755. The normalized spacial score (nSPS) is 14.2. The molecule has 0 saturated carbocycles. The van der Waals surface area contributed by atoms with Gasteiger partial charge in [-0.05, 0) is 58.1 Å². The summed E-state index contributed by atoms with van der Waals surface area (Å²) in [5.41, 5.74) is 3.70. The summed E-state index contributed by atoms with van der Waals surface area (Å²) in [5, 5.41) is 0. The fourth-order valence-corrected chi connectivity index (χ4v) is 3.37. The molecule has 24 heavy (non-hydrogen) atoms. The largest absolute Gasteiger partial charge is 0.483 e. The van der Waals surface area contributed by atoms with Crippen molar-refractivity contribution in [3.05, 3.63) is 70.2 Å². The first-order valence-corrected chi connectivity index (χ1v) is 8.84. The number of ether oxygens (including phenoxy) is 1. The molecule has 4 heteroatoms. The molecule has 124 valence electrons. The average molecular weight is 386 g/mol. The number of hydrogen-bond donors (Lipinski definition) is 0. The Hall–Kier alpha value is -2.07. The molecular weight excluding hydrogens is 366 g/mol. The molecule has 0 saturated heterocycles. The van der Waals surface area contributed by atoms with E-state index in [4.69, 9.17) is 4.74 Å².